The summed E-state index contributed by atoms with van der Waals surface area (Å²) in [6, 6.07) is 10.6. The Kier molecular flexibility index (Phi) is 3.66. The first-order valence-electron chi connectivity index (χ1n) is 4.63. The molecule has 1 atom stereocenters. The summed E-state index contributed by atoms with van der Waals surface area (Å²) in [7, 11) is 0. The Morgan fingerprint density at radius 2 is 1.67 bits per heavy atom. The van der Waals surface area contributed by atoms with E-state index in [-0.39, 0.29) is 24.3 Å². The van der Waals surface area contributed by atoms with Gasteiger partial charge in [-0.15, -0.1) is 12.4 Å². The summed E-state index contributed by atoms with van der Waals surface area (Å²) >= 11 is 0. The van der Waals surface area contributed by atoms with Gasteiger partial charge < -0.3 is 5.73 Å². The van der Waals surface area contributed by atoms with E-state index >= 15 is 0 Å². The molecule has 0 heterocycles. The molecule has 0 amide bonds. The Hall–Kier alpha value is -1.12. The van der Waals surface area contributed by atoms with Gasteiger partial charge in [0.15, 0.2) is 0 Å². The SMILES string of the molecule is C[C@H](N)c1ccc(F)c2ccccc12.Cl. The van der Waals surface area contributed by atoms with Crippen molar-refractivity contribution in [2.45, 2.75) is 13.0 Å². The van der Waals surface area contributed by atoms with Gasteiger partial charge in [0.1, 0.15) is 5.82 Å². The summed E-state index contributed by atoms with van der Waals surface area (Å²) in [6.45, 7) is 1.90. The molecule has 0 spiro atoms. The van der Waals surface area contributed by atoms with Gasteiger partial charge in [0, 0.05) is 11.4 Å². The lowest BCUT2D eigenvalue weighted by molar-refractivity contribution is 0.638. The lowest BCUT2D eigenvalue weighted by Gasteiger charge is -2.10. The van der Waals surface area contributed by atoms with Crippen molar-refractivity contribution in [3.63, 3.8) is 0 Å². The van der Waals surface area contributed by atoms with E-state index in [0.717, 1.165) is 10.9 Å². The number of fused-ring (bicyclic) bond motifs is 1. The van der Waals surface area contributed by atoms with Crippen LogP contribution in [0.15, 0.2) is 36.4 Å². The normalized spacial score (nSPS) is 12.2. The highest BCUT2D eigenvalue weighted by atomic mass is 35.5. The Morgan fingerprint density at radius 1 is 1.07 bits per heavy atom. The predicted octanol–water partition coefficient (Wildman–Crippen LogP) is 3.42. The van der Waals surface area contributed by atoms with Gasteiger partial charge >= 0.3 is 0 Å². The maximum atomic E-state index is 13.4. The monoisotopic (exact) mass is 225 g/mol. The van der Waals surface area contributed by atoms with Crippen LogP contribution in [0.2, 0.25) is 0 Å². The van der Waals surface area contributed by atoms with E-state index < -0.39 is 0 Å². The highest BCUT2D eigenvalue weighted by Gasteiger charge is 2.07. The summed E-state index contributed by atoms with van der Waals surface area (Å²) in [5.41, 5.74) is 6.80. The standard InChI is InChI=1S/C12H12FN.ClH/c1-8(14)9-6-7-12(13)11-5-3-2-4-10(9)11;/h2-8H,14H2,1H3;1H/t8-;/m0./s1. The van der Waals surface area contributed by atoms with Gasteiger partial charge in [-0.1, -0.05) is 30.3 Å². The molecule has 0 fully saturated rings. The van der Waals surface area contributed by atoms with Crippen LogP contribution in [0.25, 0.3) is 10.8 Å². The number of halogens is 2. The lowest BCUT2D eigenvalue weighted by Crippen LogP contribution is -2.05. The molecule has 0 aromatic heterocycles. The maximum absolute atomic E-state index is 13.4. The van der Waals surface area contributed by atoms with Crippen molar-refractivity contribution in [2.75, 3.05) is 0 Å². The Bertz CT molecular complexity index is 468. The molecule has 80 valence electrons. The number of hydrogen-bond donors (Lipinski definition) is 1. The summed E-state index contributed by atoms with van der Waals surface area (Å²) in [6.07, 6.45) is 0. The fraction of sp³-hybridized carbons (Fsp3) is 0.167. The summed E-state index contributed by atoms with van der Waals surface area (Å²) in [4.78, 5) is 0. The smallest absolute Gasteiger partial charge is 0.131 e. The molecule has 2 rings (SSSR count). The van der Waals surface area contributed by atoms with Crippen LogP contribution >= 0.6 is 12.4 Å². The van der Waals surface area contributed by atoms with Crippen LogP contribution in [0.4, 0.5) is 4.39 Å². The van der Waals surface area contributed by atoms with E-state index in [4.69, 9.17) is 5.73 Å². The minimum Gasteiger partial charge on any atom is -0.324 e. The van der Waals surface area contributed by atoms with Gasteiger partial charge in [0.2, 0.25) is 0 Å². The second-order valence-electron chi connectivity index (χ2n) is 3.47. The van der Waals surface area contributed by atoms with Gasteiger partial charge in [-0.3, -0.25) is 0 Å². The largest absolute Gasteiger partial charge is 0.324 e. The van der Waals surface area contributed by atoms with Crippen molar-refractivity contribution in [3.05, 3.63) is 47.8 Å². The van der Waals surface area contributed by atoms with Crippen molar-refractivity contribution < 1.29 is 4.39 Å². The molecule has 0 bridgehead atoms. The molecule has 0 aliphatic carbocycles. The summed E-state index contributed by atoms with van der Waals surface area (Å²) < 4.78 is 13.4. The number of hydrogen-bond acceptors (Lipinski definition) is 1. The third-order valence-corrected chi connectivity index (χ3v) is 2.40. The van der Waals surface area contributed by atoms with E-state index in [1.165, 1.54) is 6.07 Å². The molecule has 15 heavy (non-hydrogen) atoms. The molecule has 2 aromatic carbocycles. The van der Waals surface area contributed by atoms with E-state index in [1.54, 1.807) is 12.1 Å². The van der Waals surface area contributed by atoms with Gasteiger partial charge in [-0.2, -0.15) is 0 Å². The molecular weight excluding hydrogens is 213 g/mol. The molecule has 3 heteroatoms. The molecule has 0 radical (unpaired) electrons. The van der Waals surface area contributed by atoms with Crippen molar-refractivity contribution in [1.82, 2.24) is 0 Å². The average Bonchev–Trinajstić information content (AvgIpc) is 2.18. The van der Waals surface area contributed by atoms with Crippen LogP contribution in [0.5, 0.6) is 0 Å². The molecule has 0 unspecified atom stereocenters. The van der Waals surface area contributed by atoms with Gasteiger partial charge in [-0.25, -0.2) is 4.39 Å². The highest BCUT2D eigenvalue weighted by Crippen LogP contribution is 2.24. The van der Waals surface area contributed by atoms with Crippen molar-refractivity contribution >= 4 is 23.2 Å². The first-order valence-corrected chi connectivity index (χ1v) is 4.63. The van der Waals surface area contributed by atoms with E-state index in [2.05, 4.69) is 0 Å². The van der Waals surface area contributed by atoms with Gasteiger partial charge in [-0.05, 0) is 23.9 Å². The average molecular weight is 226 g/mol. The van der Waals surface area contributed by atoms with Crippen LogP contribution in [0.1, 0.15) is 18.5 Å². The number of benzene rings is 2. The Morgan fingerprint density at radius 3 is 2.27 bits per heavy atom. The second kappa shape index (κ2) is 4.60. The predicted molar refractivity (Wildman–Crippen MR) is 63.8 cm³/mol. The van der Waals surface area contributed by atoms with Gasteiger partial charge in [0.05, 0.1) is 0 Å². The molecule has 0 saturated heterocycles. The number of rotatable bonds is 1. The molecule has 0 aliphatic rings. The number of nitrogens with two attached hydrogens (primary N) is 1. The van der Waals surface area contributed by atoms with Crippen LogP contribution in [0, 0.1) is 5.82 Å². The van der Waals surface area contributed by atoms with Crippen LogP contribution in [-0.2, 0) is 0 Å². The van der Waals surface area contributed by atoms with Crippen LogP contribution in [-0.4, -0.2) is 0 Å². The minimum atomic E-state index is -0.190. The second-order valence-corrected chi connectivity index (χ2v) is 3.47. The lowest BCUT2D eigenvalue weighted by atomic mass is 10.00. The third-order valence-electron chi connectivity index (χ3n) is 2.40. The molecule has 2 N–H and O–H groups in total. The summed E-state index contributed by atoms with van der Waals surface area (Å²) in [5.74, 6) is -0.190. The molecule has 0 aliphatic heterocycles. The first-order chi connectivity index (χ1) is 6.70. The topological polar surface area (TPSA) is 26.0 Å². The molecule has 2 aromatic rings. The summed E-state index contributed by atoms with van der Waals surface area (Å²) in [5, 5.41) is 1.55. The van der Waals surface area contributed by atoms with Gasteiger partial charge in [0.25, 0.3) is 0 Å². The fourth-order valence-electron chi connectivity index (χ4n) is 1.68. The van der Waals surface area contributed by atoms with E-state index in [9.17, 15) is 4.39 Å². The molecule has 0 saturated carbocycles. The maximum Gasteiger partial charge on any atom is 0.131 e. The molecule has 1 nitrogen and oxygen atoms in total. The fourth-order valence-corrected chi connectivity index (χ4v) is 1.68. The van der Waals surface area contributed by atoms with Crippen molar-refractivity contribution in [1.29, 1.82) is 0 Å². The Balaban J connectivity index is 0.00000112. The molecular formula is C12H13ClFN. The van der Waals surface area contributed by atoms with Crippen molar-refractivity contribution in [3.8, 4) is 0 Å². The van der Waals surface area contributed by atoms with Crippen LogP contribution < -0.4 is 5.73 Å². The first kappa shape index (κ1) is 12.0. The minimum absolute atomic E-state index is 0. The zero-order valence-electron chi connectivity index (χ0n) is 8.41. The van der Waals surface area contributed by atoms with E-state index in [0.29, 0.717) is 5.39 Å². The third kappa shape index (κ3) is 2.11. The zero-order valence-corrected chi connectivity index (χ0v) is 9.22. The Labute approximate surface area is 94.5 Å². The quantitative estimate of drug-likeness (QED) is 0.791. The highest BCUT2D eigenvalue weighted by molar-refractivity contribution is 5.86. The van der Waals surface area contributed by atoms with Crippen LogP contribution in [0.3, 0.4) is 0 Å². The van der Waals surface area contributed by atoms with Crippen molar-refractivity contribution in [2.24, 2.45) is 5.73 Å². The zero-order chi connectivity index (χ0) is 10.1. The van der Waals surface area contributed by atoms with E-state index in [1.807, 2.05) is 25.1 Å².